The zero-order chi connectivity index (χ0) is 8.97. The fourth-order valence-electron chi connectivity index (χ4n) is 1.08. The van der Waals surface area contributed by atoms with E-state index in [4.69, 9.17) is 15.6 Å². The summed E-state index contributed by atoms with van der Waals surface area (Å²) < 4.78 is 4.93. The molecule has 0 radical (unpaired) electrons. The van der Waals surface area contributed by atoms with Crippen molar-refractivity contribution in [2.75, 3.05) is 32.9 Å². The van der Waals surface area contributed by atoms with Crippen molar-refractivity contribution >= 4 is 5.91 Å². The van der Waals surface area contributed by atoms with Crippen molar-refractivity contribution in [1.29, 1.82) is 0 Å². The number of aliphatic hydroxyl groups is 1. The zero-order valence-electron chi connectivity index (χ0n) is 6.90. The minimum atomic E-state index is -0.341. The lowest BCUT2D eigenvalue weighted by Crippen LogP contribution is -2.48. The molecule has 0 aromatic rings. The van der Waals surface area contributed by atoms with Crippen molar-refractivity contribution in [3.63, 3.8) is 0 Å². The van der Waals surface area contributed by atoms with Gasteiger partial charge in [-0.3, -0.25) is 4.79 Å². The number of carbonyl (C=O) groups is 1. The number of nitrogens with two attached hydrogens (primary N) is 1. The highest BCUT2D eigenvalue weighted by Crippen LogP contribution is 1.98. The molecule has 0 aromatic carbocycles. The van der Waals surface area contributed by atoms with E-state index in [1.165, 1.54) is 0 Å². The summed E-state index contributed by atoms with van der Waals surface area (Å²) in [4.78, 5) is 12.7. The Morgan fingerprint density at radius 2 is 2.50 bits per heavy atom. The average Bonchev–Trinajstić information content (AvgIpc) is 2.09. The van der Waals surface area contributed by atoms with Crippen LogP contribution in [0.4, 0.5) is 0 Å². The number of morpholine rings is 1. The van der Waals surface area contributed by atoms with Gasteiger partial charge in [0.2, 0.25) is 5.91 Å². The van der Waals surface area contributed by atoms with Gasteiger partial charge in [0.05, 0.1) is 13.2 Å². The molecule has 0 bridgehead atoms. The maximum absolute atomic E-state index is 11.1. The van der Waals surface area contributed by atoms with Crippen molar-refractivity contribution < 1.29 is 14.6 Å². The summed E-state index contributed by atoms with van der Waals surface area (Å²) in [5.74, 6) is -0.0508. The normalized spacial score (nSPS) is 21.2. The molecule has 0 aromatic heterocycles. The molecule has 1 aliphatic heterocycles. The molecule has 1 saturated heterocycles. The van der Waals surface area contributed by atoms with Crippen molar-refractivity contribution in [2.24, 2.45) is 5.73 Å². The maximum Gasteiger partial charge on any atom is 0.248 e. The summed E-state index contributed by atoms with van der Waals surface area (Å²) >= 11 is 0. The molecule has 1 rings (SSSR count). The Balaban J connectivity index is 2.34. The van der Waals surface area contributed by atoms with Crippen LogP contribution in [0.2, 0.25) is 0 Å². The van der Waals surface area contributed by atoms with Gasteiger partial charge in [-0.15, -0.1) is 0 Å². The number of rotatable bonds is 3. The number of amides is 1. The molecule has 3 N–H and O–H groups in total. The summed E-state index contributed by atoms with van der Waals surface area (Å²) in [6.07, 6.45) is 0. The van der Waals surface area contributed by atoms with Gasteiger partial charge < -0.3 is 20.5 Å². The van der Waals surface area contributed by atoms with E-state index >= 15 is 0 Å². The maximum atomic E-state index is 11.1. The molecule has 1 heterocycles. The van der Waals surface area contributed by atoms with E-state index < -0.39 is 0 Å². The van der Waals surface area contributed by atoms with E-state index in [9.17, 15) is 4.79 Å². The fourth-order valence-corrected chi connectivity index (χ4v) is 1.08. The molecule has 12 heavy (non-hydrogen) atoms. The van der Waals surface area contributed by atoms with E-state index in [2.05, 4.69) is 0 Å². The Kier molecular flexibility index (Phi) is 3.46. The Bertz CT molecular complexity index is 163. The van der Waals surface area contributed by atoms with Gasteiger partial charge >= 0.3 is 0 Å². The van der Waals surface area contributed by atoms with Crippen molar-refractivity contribution in [2.45, 2.75) is 6.04 Å². The molecule has 70 valence electrons. The molecule has 5 nitrogen and oxygen atoms in total. The molecule has 0 spiro atoms. The largest absolute Gasteiger partial charge is 0.395 e. The van der Waals surface area contributed by atoms with Crippen LogP contribution >= 0.6 is 0 Å². The molecule has 0 saturated carbocycles. The first-order valence-electron chi connectivity index (χ1n) is 3.96. The van der Waals surface area contributed by atoms with Gasteiger partial charge in [0, 0.05) is 19.1 Å². The van der Waals surface area contributed by atoms with Gasteiger partial charge in [-0.2, -0.15) is 0 Å². The van der Waals surface area contributed by atoms with Crippen LogP contribution in [0.25, 0.3) is 0 Å². The van der Waals surface area contributed by atoms with Gasteiger partial charge in [-0.05, 0) is 0 Å². The van der Waals surface area contributed by atoms with Crippen LogP contribution in [0.15, 0.2) is 0 Å². The highest BCUT2D eigenvalue weighted by molar-refractivity contribution is 5.78. The van der Waals surface area contributed by atoms with Crippen LogP contribution in [-0.4, -0.2) is 54.9 Å². The van der Waals surface area contributed by atoms with Gasteiger partial charge in [0.15, 0.2) is 0 Å². The van der Waals surface area contributed by atoms with E-state index in [0.29, 0.717) is 19.7 Å². The molecular formula is C7H14N2O3. The molecule has 5 heteroatoms. The summed E-state index contributed by atoms with van der Waals surface area (Å²) in [7, 11) is 0. The highest BCUT2D eigenvalue weighted by atomic mass is 16.5. The lowest BCUT2D eigenvalue weighted by atomic mass is 10.3. The monoisotopic (exact) mass is 174 g/mol. The second kappa shape index (κ2) is 4.39. The van der Waals surface area contributed by atoms with Crippen LogP contribution in [0.5, 0.6) is 0 Å². The molecular weight excluding hydrogens is 160 g/mol. The second-order valence-corrected chi connectivity index (χ2v) is 2.83. The van der Waals surface area contributed by atoms with Crippen molar-refractivity contribution in [1.82, 2.24) is 4.90 Å². The number of carbonyl (C=O) groups excluding carboxylic acids is 1. The molecule has 1 unspecified atom stereocenters. The zero-order valence-corrected chi connectivity index (χ0v) is 6.90. The van der Waals surface area contributed by atoms with Gasteiger partial charge in [-0.25, -0.2) is 0 Å². The van der Waals surface area contributed by atoms with Crippen LogP contribution in [-0.2, 0) is 9.53 Å². The predicted molar refractivity (Wildman–Crippen MR) is 42.5 cm³/mol. The first kappa shape index (κ1) is 9.44. The summed E-state index contributed by atoms with van der Waals surface area (Å²) in [5, 5.41) is 8.66. The van der Waals surface area contributed by atoms with Gasteiger partial charge in [0.1, 0.15) is 6.61 Å². The molecule has 1 atom stereocenters. The van der Waals surface area contributed by atoms with Crippen LogP contribution in [0.1, 0.15) is 0 Å². The van der Waals surface area contributed by atoms with Gasteiger partial charge in [-0.1, -0.05) is 0 Å². The number of aliphatic hydroxyl groups excluding tert-OH is 1. The minimum Gasteiger partial charge on any atom is -0.395 e. The van der Waals surface area contributed by atoms with Crippen molar-refractivity contribution in [3.05, 3.63) is 0 Å². The summed E-state index contributed by atoms with van der Waals surface area (Å²) in [6, 6.07) is -0.341. The SMILES string of the molecule is NC(CO)CN1CCOCC1=O. The highest BCUT2D eigenvalue weighted by Gasteiger charge is 2.19. The Labute approximate surface area is 71.1 Å². The summed E-state index contributed by atoms with van der Waals surface area (Å²) in [6.45, 7) is 1.60. The van der Waals surface area contributed by atoms with Crippen molar-refractivity contribution in [3.8, 4) is 0 Å². The first-order valence-corrected chi connectivity index (χ1v) is 3.96. The fraction of sp³-hybridized carbons (Fsp3) is 0.857. The predicted octanol–water partition coefficient (Wildman–Crippen LogP) is -1.84. The standard InChI is InChI=1S/C7H14N2O3/c8-6(4-10)3-9-1-2-12-5-7(9)11/h6,10H,1-5,8H2. The van der Waals surface area contributed by atoms with Crippen LogP contribution in [0, 0.1) is 0 Å². The molecule has 1 aliphatic rings. The van der Waals surface area contributed by atoms with Crippen LogP contribution < -0.4 is 5.73 Å². The average molecular weight is 174 g/mol. The number of hydrogen-bond acceptors (Lipinski definition) is 4. The molecule has 0 aliphatic carbocycles. The first-order chi connectivity index (χ1) is 5.74. The Morgan fingerprint density at radius 1 is 1.75 bits per heavy atom. The Hall–Kier alpha value is -0.650. The molecule has 1 fully saturated rings. The third kappa shape index (κ3) is 2.44. The minimum absolute atomic E-state index is 0.0508. The number of ether oxygens (including phenoxy) is 1. The van der Waals surface area contributed by atoms with E-state index in [1.807, 2.05) is 0 Å². The van der Waals surface area contributed by atoms with E-state index in [1.54, 1.807) is 4.90 Å². The quantitative estimate of drug-likeness (QED) is 0.527. The lowest BCUT2D eigenvalue weighted by Gasteiger charge is -2.28. The number of nitrogens with zero attached hydrogens (tertiary/aromatic N) is 1. The third-order valence-electron chi connectivity index (χ3n) is 1.77. The summed E-state index contributed by atoms with van der Waals surface area (Å²) in [5.41, 5.74) is 5.48. The Morgan fingerprint density at radius 3 is 3.08 bits per heavy atom. The topological polar surface area (TPSA) is 75.8 Å². The molecule has 1 amide bonds. The van der Waals surface area contributed by atoms with E-state index in [-0.39, 0.29) is 25.2 Å². The van der Waals surface area contributed by atoms with Gasteiger partial charge in [0.25, 0.3) is 0 Å². The second-order valence-electron chi connectivity index (χ2n) is 2.83. The smallest absolute Gasteiger partial charge is 0.248 e. The third-order valence-corrected chi connectivity index (χ3v) is 1.77. The van der Waals surface area contributed by atoms with E-state index in [0.717, 1.165) is 0 Å². The lowest BCUT2D eigenvalue weighted by molar-refractivity contribution is -0.143. The van der Waals surface area contributed by atoms with Crippen LogP contribution in [0.3, 0.4) is 0 Å². The number of hydrogen-bond donors (Lipinski definition) is 2.